The van der Waals surface area contributed by atoms with Crippen LogP contribution in [0.2, 0.25) is 0 Å². The minimum absolute atomic E-state index is 0.295. The third-order valence-corrected chi connectivity index (χ3v) is 6.12. The zero-order valence-electron chi connectivity index (χ0n) is 14.5. The molecule has 3 heterocycles. The number of piperidine rings is 1. The number of rotatable bonds is 5. The van der Waals surface area contributed by atoms with Crippen molar-refractivity contribution in [2.75, 3.05) is 18.4 Å². The summed E-state index contributed by atoms with van der Waals surface area (Å²) in [6, 6.07) is 6.54. The van der Waals surface area contributed by atoms with E-state index in [1.807, 2.05) is 0 Å². The predicted molar refractivity (Wildman–Crippen MR) is 101 cm³/mol. The lowest BCUT2D eigenvalue weighted by atomic mass is 9.92. The highest BCUT2D eigenvalue weighted by atomic mass is 32.2. The van der Waals surface area contributed by atoms with Crippen LogP contribution in [0.1, 0.15) is 31.2 Å². The minimum atomic E-state index is -0.682. The van der Waals surface area contributed by atoms with E-state index in [0.29, 0.717) is 12.3 Å². The summed E-state index contributed by atoms with van der Waals surface area (Å²) in [5.41, 5.74) is 2.38. The first-order valence-electron chi connectivity index (χ1n) is 9.00. The van der Waals surface area contributed by atoms with Crippen LogP contribution < -0.4 is 5.32 Å². The van der Waals surface area contributed by atoms with Crippen LogP contribution in [0.4, 0.5) is 11.5 Å². The van der Waals surface area contributed by atoms with E-state index < -0.39 is 5.97 Å². The maximum Gasteiger partial charge on any atom is 0.303 e. The number of aliphatic carboxylic acids is 1. The average Bonchev–Trinajstić information content (AvgIpc) is 2.66. The quantitative estimate of drug-likeness (QED) is 0.708. The van der Waals surface area contributed by atoms with Crippen molar-refractivity contribution < 1.29 is 9.90 Å². The Balaban J connectivity index is 1.35. The van der Waals surface area contributed by atoms with E-state index in [-0.39, 0.29) is 0 Å². The van der Waals surface area contributed by atoms with Crippen LogP contribution >= 0.6 is 11.8 Å². The Morgan fingerprint density at radius 1 is 1.27 bits per heavy atom. The molecule has 1 aromatic heterocycles. The first kappa shape index (κ1) is 17.3. The molecule has 2 aliphatic rings. The number of anilines is 2. The maximum absolute atomic E-state index is 10.7. The van der Waals surface area contributed by atoms with Crippen LogP contribution in [-0.2, 0) is 11.3 Å². The molecule has 4 rings (SSSR count). The zero-order valence-corrected chi connectivity index (χ0v) is 15.3. The fourth-order valence-electron chi connectivity index (χ4n) is 3.60. The van der Waals surface area contributed by atoms with E-state index >= 15 is 0 Å². The third kappa shape index (κ3) is 3.99. The van der Waals surface area contributed by atoms with Crippen LogP contribution in [-0.4, -0.2) is 39.0 Å². The molecule has 0 unspecified atom stereocenters. The number of carboxylic acids is 1. The van der Waals surface area contributed by atoms with E-state index in [1.165, 1.54) is 10.5 Å². The summed E-state index contributed by atoms with van der Waals surface area (Å²) in [7, 11) is 0. The molecule has 0 saturated carbocycles. The fraction of sp³-hybridized carbons (Fsp3) is 0.421. The van der Waals surface area contributed by atoms with Gasteiger partial charge in [0.1, 0.15) is 5.03 Å². The number of likely N-dealkylation sites (tertiary alicyclic amines) is 1. The van der Waals surface area contributed by atoms with Crippen molar-refractivity contribution in [1.82, 2.24) is 14.9 Å². The predicted octanol–water partition coefficient (Wildman–Crippen LogP) is 3.76. The van der Waals surface area contributed by atoms with E-state index in [9.17, 15) is 4.79 Å². The molecule has 1 aromatic carbocycles. The van der Waals surface area contributed by atoms with Crippen LogP contribution in [0.15, 0.2) is 40.5 Å². The SMILES string of the molecule is O=C(O)CCC1CCN(Cc2ccc3c(c2)Nc2nccnc2S3)CC1. The molecule has 0 bridgehead atoms. The lowest BCUT2D eigenvalue weighted by molar-refractivity contribution is -0.137. The number of hydrogen-bond donors (Lipinski definition) is 2. The monoisotopic (exact) mass is 370 g/mol. The van der Waals surface area contributed by atoms with E-state index in [2.05, 4.69) is 38.4 Å². The largest absolute Gasteiger partial charge is 0.481 e. The molecule has 6 nitrogen and oxygen atoms in total. The Labute approximate surface area is 157 Å². The van der Waals surface area contributed by atoms with Gasteiger partial charge < -0.3 is 10.4 Å². The molecule has 2 aliphatic heterocycles. The summed E-state index contributed by atoms with van der Waals surface area (Å²) in [4.78, 5) is 23.1. The summed E-state index contributed by atoms with van der Waals surface area (Å²) in [6.07, 6.45) is 6.71. The van der Waals surface area contributed by atoms with Gasteiger partial charge in [-0.3, -0.25) is 9.69 Å². The first-order valence-corrected chi connectivity index (χ1v) is 9.82. The molecule has 0 atom stereocenters. The second-order valence-corrected chi connectivity index (χ2v) is 7.95. The van der Waals surface area contributed by atoms with Gasteiger partial charge in [0.2, 0.25) is 0 Å². The van der Waals surface area contributed by atoms with Crippen molar-refractivity contribution >= 4 is 29.2 Å². The Hall–Kier alpha value is -2.12. The van der Waals surface area contributed by atoms with Gasteiger partial charge in [0.05, 0.1) is 5.69 Å². The average molecular weight is 370 g/mol. The number of nitrogens with zero attached hydrogens (tertiary/aromatic N) is 3. The van der Waals surface area contributed by atoms with Crippen molar-refractivity contribution in [3.63, 3.8) is 0 Å². The fourth-order valence-corrected chi connectivity index (χ4v) is 4.48. The van der Waals surface area contributed by atoms with Gasteiger partial charge in [-0.25, -0.2) is 9.97 Å². The molecule has 7 heteroatoms. The van der Waals surface area contributed by atoms with Crippen LogP contribution in [0, 0.1) is 5.92 Å². The molecule has 1 fully saturated rings. The summed E-state index contributed by atoms with van der Waals surface area (Å²) < 4.78 is 0. The van der Waals surface area contributed by atoms with E-state index in [4.69, 9.17) is 5.11 Å². The summed E-state index contributed by atoms with van der Waals surface area (Å²) in [5, 5.41) is 13.1. The molecule has 136 valence electrons. The van der Waals surface area contributed by atoms with E-state index in [1.54, 1.807) is 24.2 Å². The van der Waals surface area contributed by atoms with Gasteiger partial charge in [0.15, 0.2) is 5.82 Å². The molecular formula is C19H22N4O2S. The van der Waals surface area contributed by atoms with Crippen molar-refractivity contribution in [2.24, 2.45) is 5.92 Å². The van der Waals surface area contributed by atoms with Crippen molar-refractivity contribution in [3.05, 3.63) is 36.2 Å². The van der Waals surface area contributed by atoms with Gasteiger partial charge in [-0.15, -0.1) is 0 Å². The summed E-state index contributed by atoms with van der Waals surface area (Å²) in [6.45, 7) is 3.01. The molecule has 26 heavy (non-hydrogen) atoms. The highest BCUT2D eigenvalue weighted by molar-refractivity contribution is 7.99. The van der Waals surface area contributed by atoms with Gasteiger partial charge in [-0.05, 0) is 56.0 Å². The summed E-state index contributed by atoms with van der Waals surface area (Å²) >= 11 is 1.65. The molecule has 0 spiro atoms. The molecule has 2 N–H and O–H groups in total. The van der Waals surface area contributed by atoms with Gasteiger partial charge in [0.25, 0.3) is 0 Å². The van der Waals surface area contributed by atoms with Gasteiger partial charge in [-0.1, -0.05) is 17.8 Å². The van der Waals surface area contributed by atoms with Crippen molar-refractivity contribution in [2.45, 2.75) is 42.1 Å². The minimum Gasteiger partial charge on any atom is -0.481 e. The van der Waals surface area contributed by atoms with Gasteiger partial charge in [-0.2, -0.15) is 0 Å². The number of nitrogens with one attached hydrogen (secondary N) is 1. The van der Waals surface area contributed by atoms with Gasteiger partial charge in [0, 0.05) is 30.3 Å². The number of hydrogen-bond acceptors (Lipinski definition) is 6. The third-order valence-electron chi connectivity index (χ3n) is 5.05. The number of aromatic nitrogens is 2. The number of carboxylic acid groups (broad SMARTS) is 1. The molecule has 2 aromatic rings. The standard InChI is InChI=1S/C19H22N4O2S/c24-17(25)4-2-13-5-9-23(10-6-13)12-14-1-3-16-15(11-14)22-18-19(26-16)21-8-7-20-18/h1,3,7-8,11,13H,2,4-6,9-10,12H2,(H,20,22)(H,24,25). The molecule has 1 saturated heterocycles. The zero-order chi connectivity index (χ0) is 17.9. The smallest absolute Gasteiger partial charge is 0.303 e. The lowest BCUT2D eigenvalue weighted by Gasteiger charge is -2.32. The normalized spacial score (nSPS) is 17.2. The van der Waals surface area contributed by atoms with Crippen LogP contribution in [0.5, 0.6) is 0 Å². The second kappa shape index (κ2) is 7.63. The summed E-state index contributed by atoms with van der Waals surface area (Å²) in [5.74, 6) is 0.693. The second-order valence-electron chi connectivity index (χ2n) is 6.92. The Bertz CT molecular complexity index is 806. The number of carbonyl (C=O) groups is 1. The highest BCUT2D eigenvalue weighted by Gasteiger charge is 2.21. The van der Waals surface area contributed by atoms with Gasteiger partial charge >= 0.3 is 5.97 Å². The van der Waals surface area contributed by atoms with Crippen LogP contribution in [0.3, 0.4) is 0 Å². The number of fused-ring (bicyclic) bond motifs is 2. The topological polar surface area (TPSA) is 78.4 Å². The Kier molecular flexibility index (Phi) is 5.08. The maximum atomic E-state index is 10.7. The molecular weight excluding hydrogens is 348 g/mol. The molecule has 0 radical (unpaired) electrons. The Morgan fingerprint density at radius 2 is 2.08 bits per heavy atom. The van der Waals surface area contributed by atoms with Crippen molar-refractivity contribution in [1.29, 1.82) is 0 Å². The van der Waals surface area contributed by atoms with Crippen LogP contribution in [0.25, 0.3) is 0 Å². The first-order chi connectivity index (χ1) is 12.7. The van der Waals surface area contributed by atoms with E-state index in [0.717, 1.165) is 55.4 Å². The Morgan fingerprint density at radius 3 is 2.88 bits per heavy atom. The van der Waals surface area contributed by atoms with Crippen molar-refractivity contribution in [3.8, 4) is 0 Å². The number of benzene rings is 1. The highest BCUT2D eigenvalue weighted by Crippen LogP contribution is 2.42. The lowest BCUT2D eigenvalue weighted by Crippen LogP contribution is -2.33. The molecule has 0 aliphatic carbocycles. The molecule has 0 amide bonds.